The molecule has 1 aliphatic rings. The van der Waals surface area contributed by atoms with Crippen LogP contribution in [0.1, 0.15) is 23.4 Å². The SMILES string of the molecule is CN(CC(=O)N1CCC(CO)CC1)C(=O)c1ccco1. The number of piperidine rings is 1. The van der Waals surface area contributed by atoms with Gasteiger partial charge >= 0.3 is 0 Å². The largest absolute Gasteiger partial charge is 0.459 e. The van der Waals surface area contributed by atoms with Crippen LogP contribution in [-0.2, 0) is 4.79 Å². The van der Waals surface area contributed by atoms with Gasteiger partial charge in [-0.1, -0.05) is 0 Å². The monoisotopic (exact) mass is 280 g/mol. The number of hydrogen-bond donors (Lipinski definition) is 1. The van der Waals surface area contributed by atoms with E-state index in [1.54, 1.807) is 24.1 Å². The standard InChI is InChI=1S/C14H20N2O4/c1-15(14(19)12-3-2-8-20-12)9-13(18)16-6-4-11(10-17)5-7-16/h2-3,8,11,17H,4-7,9-10H2,1H3. The van der Waals surface area contributed by atoms with E-state index in [9.17, 15) is 9.59 Å². The van der Waals surface area contributed by atoms with Gasteiger partial charge in [0.15, 0.2) is 5.76 Å². The van der Waals surface area contributed by atoms with Gasteiger partial charge in [-0.05, 0) is 30.9 Å². The van der Waals surface area contributed by atoms with E-state index in [1.165, 1.54) is 11.2 Å². The summed E-state index contributed by atoms with van der Waals surface area (Å²) in [7, 11) is 1.59. The molecule has 0 aromatic carbocycles. The number of carbonyl (C=O) groups is 2. The third kappa shape index (κ3) is 3.39. The Hall–Kier alpha value is -1.82. The van der Waals surface area contributed by atoms with Gasteiger partial charge in [0, 0.05) is 26.7 Å². The zero-order valence-corrected chi connectivity index (χ0v) is 11.6. The maximum Gasteiger partial charge on any atom is 0.289 e. The van der Waals surface area contributed by atoms with Crippen LogP contribution in [0.15, 0.2) is 22.8 Å². The summed E-state index contributed by atoms with van der Waals surface area (Å²) in [4.78, 5) is 27.2. The molecule has 1 saturated heterocycles. The third-order valence-electron chi connectivity index (χ3n) is 3.68. The highest BCUT2D eigenvalue weighted by atomic mass is 16.3. The Kier molecular flexibility index (Phi) is 4.79. The minimum atomic E-state index is -0.298. The van der Waals surface area contributed by atoms with Crippen LogP contribution in [0.5, 0.6) is 0 Å². The van der Waals surface area contributed by atoms with Crippen molar-refractivity contribution in [2.75, 3.05) is 33.3 Å². The molecule has 0 bridgehead atoms. The zero-order valence-electron chi connectivity index (χ0n) is 11.6. The van der Waals surface area contributed by atoms with Gasteiger partial charge in [0.25, 0.3) is 5.91 Å². The fourth-order valence-electron chi connectivity index (χ4n) is 2.33. The Morgan fingerprint density at radius 2 is 2.15 bits per heavy atom. The van der Waals surface area contributed by atoms with Gasteiger partial charge in [0.1, 0.15) is 0 Å². The molecule has 6 nitrogen and oxygen atoms in total. The molecule has 110 valence electrons. The maximum atomic E-state index is 12.1. The van der Waals surface area contributed by atoms with Crippen molar-refractivity contribution in [3.63, 3.8) is 0 Å². The minimum absolute atomic E-state index is 0.0450. The van der Waals surface area contributed by atoms with Crippen LogP contribution in [0.2, 0.25) is 0 Å². The number of rotatable bonds is 4. The molecule has 0 spiro atoms. The first-order chi connectivity index (χ1) is 9.61. The number of aliphatic hydroxyl groups excluding tert-OH is 1. The van der Waals surface area contributed by atoms with Crippen molar-refractivity contribution in [1.82, 2.24) is 9.80 Å². The zero-order chi connectivity index (χ0) is 14.5. The van der Waals surface area contributed by atoms with Gasteiger partial charge in [-0.25, -0.2) is 0 Å². The molecule has 0 radical (unpaired) electrons. The van der Waals surface area contributed by atoms with Gasteiger partial charge < -0.3 is 19.3 Å². The topological polar surface area (TPSA) is 74.0 Å². The summed E-state index contributed by atoms with van der Waals surface area (Å²) in [6.07, 6.45) is 3.07. The van der Waals surface area contributed by atoms with Gasteiger partial charge in [-0.3, -0.25) is 9.59 Å². The molecule has 0 atom stereocenters. The molecular weight excluding hydrogens is 260 g/mol. The average molecular weight is 280 g/mol. The lowest BCUT2D eigenvalue weighted by molar-refractivity contribution is -0.133. The fraction of sp³-hybridized carbons (Fsp3) is 0.571. The van der Waals surface area contributed by atoms with Crippen molar-refractivity contribution < 1.29 is 19.1 Å². The second kappa shape index (κ2) is 6.56. The Labute approximate surface area is 118 Å². The average Bonchev–Trinajstić information content (AvgIpc) is 3.00. The molecule has 0 saturated carbocycles. The van der Waals surface area contributed by atoms with Crippen LogP contribution in [0.4, 0.5) is 0 Å². The molecule has 2 amide bonds. The lowest BCUT2D eigenvalue weighted by Crippen LogP contribution is -2.45. The van der Waals surface area contributed by atoms with Gasteiger partial charge in [0.05, 0.1) is 12.8 Å². The summed E-state index contributed by atoms with van der Waals surface area (Å²) >= 11 is 0. The third-order valence-corrected chi connectivity index (χ3v) is 3.68. The normalized spacial score (nSPS) is 16.2. The number of hydrogen-bond acceptors (Lipinski definition) is 4. The highest BCUT2D eigenvalue weighted by Gasteiger charge is 2.24. The summed E-state index contributed by atoms with van der Waals surface area (Å²) < 4.78 is 5.03. The van der Waals surface area contributed by atoms with Gasteiger partial charge in [-0.2, -0.15) is 0 Å². The first kappa shape index (κ1) is 14.6. The quantitative estimate of drug-likeness (QED) is 0.875. The first-order valence-corrected chi connectivity index (χ1v) is 6.79. The Morgan fingerprint density at radius 3 is 2.70 bits per heavy atom. The van der Waals surface area contributed by atoms with Crippen molar-refractivity contribution in [2.24, 2.45) is 5.92 Å². The predicted molar refractivity (Wildman–Crippen MR) is 72.1 cm³/mol. The number of aliphatic hydroxyl groups is 1. The summed E-state index contributed by atoms with van der Waals surface area (Å²) in [6.45, 7) is 1.52. The second-order valence-electron chi connectivity index (χ2n) is 5.15. The maximum absolute atomic E-state index is 12.1. The van der Waals surface area contributed by atoms with Gasteiger partial charge in [-0.15, -0.1) is 0 Å². The smallest absolute Gasteiger partial charge is 0.289 e. The van der Waals surface area contributed by atoms with E-state index in [0.717, 1.165) is 12.8 Å². The van der Waals surface area contributed by atoms with E-state index < -0.39 is 0 Å². The van der Waals surface area contributed by atoms with Crippen LogP contribution in [-0.4, -0.2) is 60.0 Å². The van der Waals surface area contributed by atoms with E-state index in [-0.39, 0.29) is 30.7 Å². The van der Waals surface area contributed by atoms with E-state index >= 15 is 0 Å². The molecule has 0 aliphatic carbocycles. The molecule has 2 heterocycles. The van der Waals surface area contributed by atoms with Gasteiger partial charge in [0.2, 0.25) is 5.91 Å². The van der Waals surface area contributed by atoms with E-state index in [0.29, 0.717) is 19.0 Å². The lowest BCUT2D eigenvalue weighted by atomic mass is 9.98. The number of likely N-dealkylation sites (N-methyl/N-ethyl adjacent to an activating group) is 1. The molecule has 6 heteroatoms. The Balaban J connectivity index is 1.84. The van der Waals surface area contributed by atoms with Crippen LogP contribution < -0.4 is 0 Å². The number of furan rings is 1. The molecule has 1 aromatic rings. The van der Waals surface area contributed by atoms with E-state index in [2.05, 4.69) is 0 Å². The van der Waals surface area contributed by atoms with Crippen molar-refractivity contribution in [3.05, 3.63) is 24.2 Å². The van der Waals surface area contributed by atoms with E-state index in [1.807, 2.05) is 0 Å². The van der Waals surface area contributed by atoms with Crippen molar-refractivity contribution >= 4 is 11.8 Å². The minimum Gasteiger partial charge on any atom is -0.459 e. The highest BCUT2D eigenvalue weighted by molar-refractivity contribution is 5.94. The van der Waals surface area contributed by atoms with Crippen LogP contribution >= 0.6 is 0 Å². The van der Waals surface area contributed by atoms with Crippen molar-refractivity contribution in [3.8, 4) is 0 Å². The number of nitrogens with zero attached hydrogens (tertiary/aromatic N) is 2. The molecule has 2 rings (SSSR count). The van der Waals surface area contributed by atoms with Crippen LogP contribution in [0.25, 0.3) is 0 Å². The fourth-order valence-corrected chi connectivity index (χ4v) is 2.33. The summed E-state index contributed by atoms with van der Waals surface area (Å²) in [5.74, 6) is 0.165. The summed E-state index contributed by atoms with van der Waals surface area (Å²) in [5.41, 5.74) is 0. The molecular formula is C14H20N2O4. The lowest BCUT2D eigenvalue weighted by Gasteiger charge is -2.32. The van der Waals surface area contributed by atoms with Crippen LogP contribution in [0, 0.1) is 5.92 Å². The van der Waals surface area contributed by atoms with Crippen molar-refractivity contribution in [2.45, 2.75) is 12.8 Å². The molecule has 1 fully saturated rings. The Bertz CT molecular complexity index is 450. The highest BCUT2D eigenvalue weighted by Crippen LogP contribution is 2.16. The molecule has 1 aromatic heterocycles. The Morgan fingerprint density at radius 1 is 1.45 bits per heavy atom. The molecule has 1 aliphatic heterocycles. The molecule has 20 heavy (non-hydrogen) atoms. The van der Waals surface area contributed by atoms with E-state index in [4.69, 9.17) is 9.52 Å². The predicted octanol–water partition coefficient (Wildman–Crippen LogP) is 0.582. The van der Waals surface area contributed by atoms with Crippen LogP contribution in [0.3, 0.4) is 0 Å². The molecule has 1 N–H and O–H groups in total. The number of amides is 2. The second-order valence-corrected chi connectivity index (χ2v) is 5.15. The number of carbonyl (C=O) groups excluding carboxylic acids is 2. The first-order valence-electron chi connectivity index (χ1n) is 6.79. The number of likely N-dealkylation sites (tertiary alicyclic amines) is 1. The summed E-state index contributed by atoms with van der Waals surface area (Å²) in [5, 5.41) is 9.07. The summed E-state index contributed by atoms with van der Waals surface area (Å²) in [6, 6.07) is 3.22. The van der Waals surface area contributed by atoms with Crippen molar-refractivity contribution in [1.29, 1.82) is 0 Å². The molecule has 0 unspecified atom stereocenters.